The van der Waals surface area contributed by atoms with Gasteiger partial charge in [0.1, 0.15) is 17.3 Å². The molecule has 246 valence electrons. The highest BCUT2D eigenvalue weighted by Crippen LogP contribution is 2.42. The number of aromatic nitrogens is 2. The van der Waals surface area contributed by atoms with Crippen LogP contribution in [-0.2, 0) is 35.9 Å². The van der Waals surface area contributed by atoms with E-state index in [4.69, 9.17) is 0 Å². The second kappa shape index (κ2) is 12.5. The van der Waals surface area contributed by atoms with Gasteiger partial charge >= 0.3 is 6.03 Å². The molecule has 47 heavy (non-hydrogen) atoms. The average Bonchev–Trinajstić information content (AvgIpc) is 3.88. The number of urea groups is 1. The Morgan fingerprint density at radius 3 is 2.53 bits per heavy atom. The molecule has 4 aliphatic rings. The van der Waals surface area contributed by atoms with Crippen LogP contribution in [0.5, 0.6) is 0 Å². The molecule has 2 heterocycles. The first-order chi connectivity index (χ1) is 22.8. The summed E-state index contributed by atoms with van der Waals surface area (Å²) in [6.45, 7) is 0.447. The quantitative estimate of drug-likeness (QED) is 0.300. The molecule has 4 atom stereocenters. The van der Waals surface area contributed by atoms with Crippen molar-refractivity contribution in [3.63, 3.8) is 0 Å². The predicted molar refractivity (Wildman–Crippen MR) is 177 cm³/mol. The zero-order valence-electron chi connectivity index (χ0n) is 27.1. The summed E-state index contributed by atoms with van der Waals surface area (Å²) in [5, 5.41) is 16.2. The second-order valence-electron chi connectivity index (χ2n) is 13.6. The first-order valence-corrected chi connectivity index (χ1v) is 16.9. The van der Waals surface area contributed by atoms with Gasteiger partial charge in [-0.15, -0.1) is 0 Å². The molecule has 11 heteroatoms. The zero-order valence-corrected chi connectivity index (χ0v) is 27.1. The molecule has 11 nitrogen and oxygen atoms in total. The minimum Gasteiger partial charge on any atom is -0.357 e. The molecule has 3 aliphatic carbocycles. The number of benzene rings is 2. The monoisotopic (exact) mass is 637 g/mol. The lowest BCUT2D eigenvalue weighted by atomic mass is 9.83. The Hall–Kier alpha value is -4.67. The van der Waals surface area contributed by atoms with Crippen LogP contribution in [-0.4, -0.2) is 69.6 Å². The number of aryl methyl sites for hydroxylation is 2. The summed E-state index contributed by atoms with van der Waals surface area (Å²) in [7, 11) is 3.32. The lowest BCUT2D eigenvalue weighted by Crippen LogP contribution is -2.60. The van der Waals surface area contributed by atoms with Crippen LogP contribution in [0.2, 0.25) is 0 Å². The van der Waals surface area contributed by atoms with Gasteiger partial charge in [-0.1, -0.05) is 49.6 Å². The van der Waals surface area contributed by atoms with Gasteiger partial charge in [-0.25, -0.2) is 4.79 Å². The molecule has 0 radical (unpaired) electrons. The predicted octanol–water partition coefficient (Wildman–Crippen LogP) is 3.44. The van der Waals surface area contributed by atoms with Crippen LogP contribution in [0.25, 0.3) is 0 Å². The molecule has 1 aliphatic heterocycles. The third-order valence-electron chi connectivity index (χ3n) is 10.9. The van der Waals surface area contributed by atoms with E-state index >= 15 is 0 Å². The largest absolute Gasteiger partial charge is 0.357 e. The van der Waals surface area contributed by atoms with Gasteiger partial charge in [-0.3, -0.25) is 19.1 Å². The lowest BCUT2D eigenvalue weighted by Gasteiger charge is -2.36. The van der Waals surface area contributed by atoms with Crippen molar-refractivity contribution >= 4 is 29.4 Å². The van der Waals surface area contributed by atoms with Crippen molar-refractivity contribution in [2.45, 2.75) is 81.3 Å². The van der Waals surface area contributed by atoms with E-state index in [1.54, 1.807) is 31.3 Å². The topological polar surface area (TPSA) is 137 Å². The number of amides is 5. The number of fused-ring (bicyclic) bond motifs is 2. The smallest absolute Gasteiger partial charge is 0.318 e. The number of nitrogens with one attached hydrogen (secondary N) is 4. The van der Waals surface area contributed by atoms with E-state index in [9.17, 15) is 19.2 Å². The van der Waals surface area contributed by atoms with Crippen molar-refractivity contribution < 1.29 is 19.2 Å². The molecule has 2 fully saturated rings. The molecule has 1 saturated carbocycles. The Morgan fingerprint density at radius 1 is 0.979 bits per heavy atom. The lowest BCUT2D eigenvalue weighted by molar-refractivity contribution is -0.130. The van der Waals surface area contributed by atoms with Crippen LogP contribution in [0.3, 0.4) is 0 Å². The van der Waals surface area contributed by atoms with Gasteiger partial charge in [0.15, 0.2) is 0 Å². The van der Waals surface area contributed by atoms with Crippen molar-refractivity contribution in [3.8, 4) is 0 Å². The Bertz CT molecular complexity index is 1710. The van der Waals surface area contributed by atoms with Crippen molar-refractivity contribution in [1.29, 1.82) is 0 Å². The molecule has 0 spiro atoms. The Kier molecular flexibility index (Phi) is 8.23. The second-order valence-corrected chi connectivity index (χ2v) is 13.6. The van der Waals surface area contributed by atoms with Crippen molar-refractivity contribution in [3.05, 3.63) is 82.7 Å². The van der Waals surface area contributed by atoms with Crippen LogP contribution in [0.1, 0.15) is 77.2 Å². The molecular formula is C36H43N7O4. The minimum atomic E-state index is -1.07. The highest BCUT2D eigenvalue weighted by molar-refractivity contribution is 6.01. The maximum absolute atomic E-state index is 13.8. The summed E-state index contributed by atoms with van der Waals surface area (Å²) >= 11 is 0. The number of carbonyl (C=O) groups is 4. The van der Waals surface area contributed by atoms with E-state index < -0.39 is 11.6 Å². The number of likely N-dealkylation sites (N-methyl/N-ethyl adjacent to an activating group) is 1. The Morgan fingerprint density at radius 2 is 1.77 bits per heavy atom. The summed E-state index contributed by atoms with van der Waals surface area (Å²) in [6.07, 6.45) is 9.17. The summed E-state index contributed by atoms with van der Waals surface area (Å²) in [4.78, 5) is 56.0. The van der Waals surface area contributed by atoms with Crippen molar-refractivity contribution in [2.75, 3.05) is 18.9 Å². The SMILES string of the molecule is CNC(=O)C1(N2CC(C3CCc4ccccc43)NC2=O)Cc2ccc(NC(=O)[C@@H](NC(=O)c3ccnn3C)C3CCCCC3)cc2C1. The van der Waals surface area contributed by atoms with Crippen LogP contribution < -0.4 is 21.3 Å². The van der Waals surface area contributed by atoms with Crippen molar-refractivity contribution in [2.24, 2.45) is 13.0 Å². The molecule has 1 saturated heterocycles. The first kappa shape index (κ1) is 31.0. The van der Waals surface area contributed by atoms with Gasteiger partial charge in [0, 0.05) is 51.3 Å². The summed E-state index contributed by atoms with van der Waals surface area (Å²) in [5.41, 5.74) is 4.43. The van der Waals surface area contributed by atoms with E-state index in [2.05, 4.69) is 44.6 Å². The molecule has 2 aromatic carbocycles. The number of nitrogens with zero attached hydrogens (tertiary/aromatic N) is 3. The highest BCUT2D eigenvalue weighted by Gasteiger charge is 2.54. The van der Waals surface area contributed by atoms with E-state index in [1.807, 2.05) is 24.3 Å². The van der Waals surface area contributed by atoms with Crippen LogP contribution in [0.4, 0.5) is 10.5 Å². The standard InChI is InChI=1S/C36H43N7O4/c1-37-34(46)36(43-21-29(40-35(43)47)28-15-13-22-8-6-7-11-27(22)28)19-24-12-14-26(18-25(24)20-36)39-33(45)31(23-9-4-3-5-10-23)41-32(44)30-16-17-38-42(30)2/h6-8,11-12,14,16-18,23,28-29,31H,3-5,9-10,13,15,19-21H2,1-2H3,(H,37,46)(H,39,45)(H,40,47)(H,41,44)/t28?,29?,31-,36?/m0/s1. The highest BCUT2D eigenvalue weighted by atomic mass is 16.2. The molecule has 7 rings (SSSR count). The molecule has 5 amide bonds. The fraction of sp³-hybridized carbons (Fsp3) is 0.472. The minimum absolute atomic E-state index is 0.0321. The van der Waals surface area contributed by atoms with Gasteiger partial charge in [0.25, 0.3) is 5.91 Å². The first-order valence-electron chi connectivity index (χ1n) is 16.9. The zero-order chi connectivity index (χ0) is 32.7. The Balaban J connectivity index is 1.10. The van der Waals surface area contributed by atoms with Crippen LogP contribution in [0, 0.1) is 5.92 Å². The van der Waals surface area contributed by atoms with Crippen LogP contribution in [0.15, 0.2) is 54.7 Å². The van der Waals surface area contributed by atoms with Gasteiger partial charge < -0.3 is 26.2 Å². The number of hydrogen-bond acceptors (Lipinski definition) is 5. The number of hydrogen-bond donors (Lipinski definition) is 4. The maximum Gasteiger partial charge on any atom is 0.318 e. The summed E-state index contributed by atoms with van der Waals surface area (Å²) in [6, 6.07) is 14.8. The third kappa shape index (κ3) is 5.65. The molecule has 0 bridgehead atoms. The number of anilines is 1. The molecule has 4 N–H and O–H groups in total. The van der Waals surface area contributed by atoms with Gasteiger partial charge in [0.2, 0.25) is 11.8 Å². The molecule has 3 unspecified atom stereocenters. The fourth-order valence-corrected chi connectivity index (χ4v) is 8.50. The fourth-order valence-electron chi connectivity index (χ4n) is 8.50. The number of carbonyl (C=O) groups excluding carboxylic acids is 4. The maximum atomic E-state index is 13.8. The van der Waals surface area contributed by atoms with E-state index in [0.717, 1.165) is 56.1 Å². The number of rotatable bonds is 8. The van der Waals surface area contributed by atoms with E-state index in [-0.39, 0.29) is 41.6 Å². The summed E-state index contributed by atoms with van der Waals surface area (Å²) in [5.74, 6) is -0.547. The van der Waals surface area contributed by atoms with Gasteiger partial charge in [0.05, 0.1) is 6.04 Å². The van der Waals surface area contributed by atoms with E-state index in [0.29, 0.717) is 30.8 Å². The van der Waals surface area contributed by atoms with E-state index in [1.165, 1.54) is 15.8 Å². The Labute approximate surface area is 274 Å². The summed E-state index contributed by atoms with van der Waals surface area (Å²) < 4.78 is 1.50. The van der Waals surface area contributed by atoms with Gasteiger partial charge in [-0.2, -0.15) is 5.10 Å². The molecule has 3 aromatic rings. The van der Waals surface area contributed by atoms with Gasteiger partial charge in [-0.05, 0) is 72.1 Å². The molecule has 1 aromatic heterocycles. The third-order valence-corrected chi connectivity index (χ3v) is 10.9. The molecular weight excluding hydrogens is 594 g/mol. The van der Waals surface area contributed by atoms with Crippen LogP contribution >= 0.6 is 0 Å². The normalized spacial score (nSPS) is 24.3. The average molecular weight is 638 g/mol. The van der Waals surface area contributed by atoms with Crippen molar-refractivity contribution in [1.82, 2.24) is 30.6 Å².